The molecule has 2 aromatic rings. The van der Waals surface area contributed by atoms with Gasteiger partial charge in [-0.1, -0.05) is 36.4 Å². The maximum Gasteiger partial charge on any atom is 0.205 e. The number of carbonyl (C=O) groups is 1. The van der Waals surface area contributed by atoms with Crippen molar-refractivity contribution in [2.24, 2.45) is 0 Å². The lowest BCUT2D eigenvalue weighted by Gasteiger charge is -2.17. The first kappa shape index (κ1) is 11.6. The summed E-state index contributed by atoms with van der Waals surface area (Å²) in [5, 5.41) is 8.74. The summed E-state index contributed by atoms with van der Waals surface area (Å²) in [6, 6.07) is 15.1. The van der Waals surface area contributed by atoms with E-state index in [2.05, 4.69) is 0 Å². The highest BCUT2D eigenvalue weighted by molar-refractivity contribution is 6.07. The zero-order chi connectivity index (χ0) is 13.5. The number of nitriles is 1. The van der Waals surface area contributed by atoms with Crippen LogP contribution in [0.15, 0.2) is 48.5 Å². The number of fused-ring (bicyclic) bond motifs is 1. The Morgan fingerprint density at radius 1 is 1.11 bits per heavy atom. The van der Waals surface area contributed by atoms with Crippen LogP contribution in [-0.2, 0) is 12.1 Å². The van der Waals surface area contributed by atoms with E-state index in [4.69, 9.17) is 5.26 Å². The summed E-state index contributed by atoms with van der Waals surface area (Å²) in [5.74, 6) is -0.493. The van der Waals surface area contributed by atoms with Crippen molar-refractivity contribution >= 4 is 5.78 Å². The van der Waals surface area contributed by atoms with Gasteiger partial charge in [0.05, 0.1) is 11.6 Å². The highest BCUT2D eigenvalue weighted by Gasteiger charge is 2.47. The maximum absolute atomic E-state index is 15.0. The second-order valence-corrected chi connectivity index (χ2v) is 4.65. The molecule has 0 aliphatic heterocycles. The van der Waals surface area contributed by atoms with Crippen LogP contribution >= 0.6 is 0 Å². The number of benzene rings is 2. The Bertz CT molecular complexity index is 699. The van der Waals surface area contributed by atoms with Gasteiger partial charge in [-0.15, -0.1) is 0 Å². The van der Waals surface area contributed by atoms with E-state index in [0.29, 0.717) is 16.7 Å². The molecule has 0 saturated heterocycles. The summed E-state index contributed by atoms with van der Waals surface area (Å²) < 4.78 is 15.0. The molecule has 0 amide bonds. The van der Waals surface area contributed by atoms with Crippen molar-refractivity contribution in [3.8, 4) is 6.07 Å². The van der Waals surface area contributed by atoms with Crippen molar-refractivity contribution in [2.45, 2.75) is 12.1 Å². The Morgan fingerprint density at radius 2 is 1.79 bits per heavy atom. The number of ketones is 1. The second kappa shape index (κ2) is 4.03. The van der Waals surface area contributed by atoms with Crippen LogP contribution in [0.25, 0.3) is 0 Å². The zero-order valence-corrected chi connectivity index (χ0v) is 10.1. The van der Waals surface area contributed by atoms with E-state index >= 15 is 4.39 Å². The zero-order valence-electron chi connectivity index (χ0n) is 10.1. The van der Waals surface area contributed by atoms with Gasteiger partial charge in [-0.3, -0.25) is 4.79 Å². The molecular weight excluding hydrogens is 241 g/mol. The van der Waals surface area contributed by atoms with Gasteiger partial charge in [-0.25, -0.2) is 4.39 Å². The molecular formula is C16H10FNO. The first-order valence-corrected chi connectivity index (χ1v) is 5.97. The number of Topliss-reactive ketones (excluding diaryl/α,β-unsaturated/α-hetero) is 1. The standard InChI is InChI=1S/C16H10FNO/c17-16(13-7-5-11(10-18)6-8-13)9-12-3-1-2-4-14(12)15(16)19/h1-8H,9H2/t16-/m1/s1. The Hall–Kier alpha value is -2.47. The molecule has 19 heavy (non-hydrogen) atoms. The Labute approximate surface area is 110 Å². The topological polar surface area (TPSA) is 40.9 Å². The van der Waals surface area contributed by atoms with Gasteiger partial charge in [0.25, 0.3) is 0 Å². The van der Waals surface area contributed by atoms with Crippen molar-refractivity contribution in [3.63, 3.8) is 0 Å². The van der Waals surface area contributed by atoms with Gasteiger partial charge < -0.3 is 0 Å². The lowest BCUT2D eigenvalue weighted by molar-refractivity contribution is 0.0716. The van der Waals surface area contributed by atoms with E-state index in [1.54, 1.807) is 24.3 Å². The summed E-state index contributed by atoms with van der Waals surface area (Å²) in [5.41, 5.74) is -0.0470. The van der Waals surface area contributed by atoms with Gasteiger partial charge in [0.1, 0.15) is 0 Å². The van der Waals surface area contributed by atoms with Crippen LogP contribution in [0.4, 0.5) is 4.39 Å². The molecule has 0 fully saturated rings. The minimum atomic E-state index is -2.00. The summed E-state index contributed by atoms with van der Waals surface area (Å²) >= 11 is 0. The molecule has 0 heterocycles. The molecule has 0 saturated carbocycles. The van der Waals surface area contributed by atoms with E-state index < -0.39 is 11.5 Å². The van der Waals surface area contributed by atoms with Crippen molar-refractivity contribution in [2.75, 3.05) is 0 Å². The van der Waals surface area contributed by atoms with Gasteiger partial charge in [-0.2, -0.15) is 5.26 Å². The van der Waals surface area contributed by atoms with Crippen molar-refractivity contribution in [3.05, 3.63) is 70.8 Å². The average Bonchev–Trinajstić information content (AvgIpc) is 2.72. The Morgan fingerprint density at radius 3 is 2.42 bits per heavy atom. The molecule has 2 nitrogen and oxygen atoms in total. The fourth-order valence-corrected chi connectivity index (χ4v) is 2.49. The smallest absolute Gasteiger partial charge is 0.205 e. The molecule has 0 aromatic heterocycles. The monoisotopic (exact) mass is 251 g/mol. The van der Waals surface area contributed by atoms with Gasteiger partial charge in [-0.05, 0) is 23.3 Å². The van der Waals surface area contributed by atoms with E-state index in [0.717, 1.165) is 5.56 Å². The van der Waals surface area contributed by atoms with Crippen LogP contribution < -0.4 is 0 Å². The second-order valence-electron chi connectivity index (χ2n) is 4.65. The molecule has 1 aliphatic rings. The van der Waals surface area contributed by atoms with E-state index in [-0.39, 0.29) is 6.42 Å². The molecule has 0 bridgehead atoms. The largest absolute Gasteiger partial charge is 0.290 e. The quantitative estimate of drug-likeness (QED) is 0.781. The normalized spacial score (nSPS) is 20.9. The summed E-state index contributed by atoms with van der Waals surface area (Å²) in [7, 11) is 0. The number of hydrogen-bond acceptors (Lipinski definition) is 2. The lowest BCUT2D eigenvalue weighted by Crippen LogP contribution is -2.27. The number of halogens is 1. The van der Waals surface area contributed by atoms with Crippen LogP contribution in [0.2, 0.25) is 0 Å². The van der Waals surface area contributed by atoms with Gasteiger partial charge in [0, 0.05) is 12.0 Å². The molecule has 0 unspecified atom stereocenters. The van der Waals surface area contributed by atoms with E-state index in [9.17, 15) is 4.79 Å². The van der Waals surface area contributed by atoms with Gasteiger partial charge in [0.15, 0.2) is 0 Å². The van der Waals surface area contributed by atoms with Gasteiger partial charge in [0.2, 0.25) is 11.5 Å². The number of alkyl halides is 1. The Balaban J connectivity index is 2.06. The fourth-order valence-electron chi connectivity index (χ4n) is 2.49. The SMILES string of the molecule is N#Cc1ccc([C@]2(F)Cc3ccccc3C2=O)cc1. The minimum Gasteiger partial charge on any atom is -0.290 e. The third kappa shape index (κ3) is 1.65. The number of carbonyl (C=O) groups excluding carboxylic acids is 1. The molecule has 1 atom stereocenters. The minimum absolute atomic E-state index is 0.0634. The average molecular weight is 251 g/mol. The predicted molar refractivity (Wildman–Crippen MR) is 68.4 cm³/mol. The van der Waals surface area contributed by atoms with E-state index in [1.807, 2.05) is 6.07 Å². The molecule has 92 valence electrons. The summed E-state index contributed by atoms with van der Waals surface area (Å²) in [6.45, 7) is 0. The summed E-state index contributed by atoms with van der Waals surface area (Å²) in [6.07, 6.45) is 0.0634. The molecule has 2 aromatic carbocycles. The van der Waals surface area contributed by atoms with Crippen molar-refractivity contribution < 1.29 is 9.18 Å². The number of nitrogens with zero attached hydrogens (tertiary/aromatic N) is 1. The first-order chi connectivity index (χ1) is 9.15. The fraction of sp³-hybridized carbons (Fsp3) is 0.125. The predicted octanol–water partition coefficient (Wildman–Crippen LogP) is 3.16. The highest BCUT2D eigenvalue weighted by Crippen LogP contribution is 2.40. The van der Waals surface area contributed by atoms with Crippen molar-refractivity contribution in [1.82, 2.24) is 0 Å². The lowest BCUT2D eigenvalue weighted by atomic mass is 9.91. The van der Waals surface area contributed by atoms with Crippen LogP contribution in [-0.4, -0.2) is 5.78 Å². The van der Waals surface area contributed by atoms with E-state index in [1.165, 1.54) is 24.3 Å². The van der Waals surface area contributed by atoms with Crippen molar-refractivity contribution in [1.29, 1.82) is 5.26 Å². The Kier molecular flexibility index (Phi) is 2.46. The summed E-state index contributed by atoms with van der Waals surface area (Å²) in [4.78, 5) is 12.2. The molecule has 3 heteroatoms. The molecule has 0 spiro atoms. The highest BCUT2D eigenvalue weighted by atomic mass is 19.1. The number of hydrogen-bond donors (Lipinski definition) is 0. The first-order valence-electron chi connectivity index (χ1n) is 5.97. The number of rotatable bonds is 1. The molecule has 0 radical (unpaired) electrons. The van der Waals surface area contributed by atoms with Crippen LogP contribution in [0.3, 0.4) is 0 Å². The van der Waals surface area contributed by atoms with Crippen LogP contribution in [0, 0.1) is 11.3 Å². The third-order valence-electron chi connectivity index (χ3n) is 3.53. The van der Waals surface area contributed by atoms with Gasteiger partial charge >= 0.3 is 0 Å². The molecule has 0 N–H and O–H groups in total. The third-order valence-corrected chi connectivity index (χ3v) is 3.53. The van der Waals surface area contributed by atoms with Crippen LogP contribution in [0.5, 0.6) is 0 Å². The molecule has 1 aliphatic carbocycles. The van der Waals surface area contributed by atoms with Crippen LogP contribution in [0.1, 0.15) is 27.0 Å². The maximum atomic E-state index is 15.0. The molecule has 3 rings (SSSR count).